The van der Waals surface area contributed by atoms with Crippen LogP contribution in [-0.2, 0) is 0 Å². The predicted molar refractivity (Wildman–Crippen MR) is 65.6 cm³/mol. The highest BCUT2D eigenvalue weighted by Crippen LogP contribution is 2.46. The first-order valence-corrected chi connectivity index (χ1v) is 5.90. The molecule has 0 spiro atoms. The average molecular weight is 256 g/mol. The Kier molecular flexibility index (Phi) is 3.00. The predicted octanol–water partition coefficient (Wildman–Crippen LogP) is 3.38. The number of halogens is 1. The summed E-state index contributed by atoms with van der Waals surface area (Å²) in [6.07, 6.45) is 0.795. The van der Waals surface area contributed by atoms with Gasteiger partial charge in [0.25, 0.3) is 5.69 Å². The summed E-state index contributed by atoms with van der Waals surface area (Å²) in [5, 5.41) is 10.7. The van der Waals surface area contributed by atoms with Gasteiger partial charge in [0.1, 0.15) is 11.9 Å². The van der Waals surface area contributed by atoms with Crippen LogP contribution in [0, 0.1) is 15.5 Å². The highest BCUT2D eigenvalue weighted by atomic mass is 35.5. The molecule has 92 valence electrons. The van der Waals surface area contributed by atoms with Crippen molar-refractivity contribution in [3.63, 3.8) is 0 Å². The first-order valence-electron chi connectivity index (χ1n) is 5.46. The number of hydrogen-bond donors (Lipinski definition) is 0. The van der Waals surface area contributed by atoms with Crippen molar-refractivity contribution in [1.82, 2.24) is 0 Å². The second kappa shape index (κ2) is 4.18. The van der Waals surface area contributed by atoms with E-state index in [-0.39, 0.29) is 22.6 Å². The molecule has 0 radical (unpaired) electrons. The monoisotopic (exact) mass is 255 g/mol. The highest BCUT2D eigenvalue weighted by Gasteiger charge is 2.49. The van der Waals surface area contributed by atoms with Crippen LogP contribution < -0.4 is 4.74 Å². The number of hydrogen-bond acceptors (Lipinski definition) is 3. The third-order valence-electron chi connectivity index (χ3n) is 3.36. The van der Waals surface area contributed by atoms with Gasteiger partial charge in [-0.3, -0.25) is 10.1 Å². The lowest BCUT2D eigenvalue weighted by Crippen LogP contribution is -2.53. The van der Waals surface area contributed by atoms with Crippen LogP contribution in [0.1, 0.15) is 20.3 Å². The topological polar surface area (TPSA) is 52.4 Å². The van der Waals surface area contributed by atoms with Crippen LogP contribution in [0.5, 0.6) is 5.75 Å². The molecule has 1 aromatic rings. The van der Waals surface area contributed by atoms with Crippen LogP contribution in [-0.4, -0.2) is 16.4 Å². The van der Waals surface area contributed by atoms with Gasteiger partial charge in [-0.1, -0.05) is 19.9 Å². The number of benzene rings is 1. The van der Waals surface area contributed by atoms with E-state index in [0.717, 1.165) is 6.42 Å². The van der Waals surface area contributed by atoms with Gasteiger partial charge in [0.15, 0.2) is 0 Å². The fourth-order valence-corrected chi connectivity index (χ4v) is 2.17. The number of nitro benzene ring substituents is 1. The first kappa shape index (κ1) is 12.2. The lowest BCUT2D eigenvalue weighted by molar-refractivity contribution is -0.385. The Bertz CT molecular complexity index is 447. The third-order valence-corrected chi connectivity index (χ3v) is 4.11. The van der Waals surface area contributed by atoms with E-state index < -0.39 is 4.92 Å². The normalized spacial score (nSPS) is 26.1. The number of nitro groups is 1. The van der Waals surface area contributed by atoms with E-state index in [4.69, 9.17) is 16.3 Å². The SMILES string of the molecule is CC1(C)C(Cl)CC1Oc1cccc([N+](=O)[O-])c1. The molecular formula is C12H14ClNO3. The average Bonchev–Trinajstić information content (AvgIpc) is 2.29. The number of ether oxygens (including phenoxy) is 1. The molecule has 1 aromatic carbocycles. The third kappa shape index (κ3) is 2.22. The summed E-state index contributed by atoms with van der Waals surface area (Å²) in [5.74, 6) is 0.529. The fraction of sp³-hybridized carbons (Fsp3) is 0.500. The van der Waals surface area contributed by atoms with Crippen LogP contribution in [0.3, 0.4) is 0 Å². The molecule has 0 heterocycles. The van der Waals surface area contributed by atoms with Crippen LogP contribution >= 0.6 is 11.6 Å². The van der Waals surface area contributed by atoms with Gasteiger partial charge < -0.3 is 4.74 Å². The van der Waals surface area contributed by atoms with Crippen molar-refractivity contribution >= 4 is 17.3 Å². The lowest BCUT2D eigenvalue weighted by atomic mass is 9.68. The van der Waals surface area contributed by atoms with Crippen LogP contribution in [0.4, 0.5) is 5.69 Å². The van der Waals surface area contributed by atoms with Crippen molar-refractivity contribution < 1.29 is 9.66 Å². The molecule has 1 aliphatic rings. The largest absolute Gasteiger partial charge is 0.490 e. The van der Waals surface area contributed by atoms with Crippen molar-refractivity contribution in [2.24, 2.45) is 5.41 Å². The summed E-state index contributed by atoms with van der Waals surface area (Å²) < 4.78 is 5.74. The van der Waals surface area contributed by atoms with Gasteiger partial charge in [-0.15, -0.1) is 11.6 Å². The van der Waals surface area contributed by atoms with Crippen molar-refractivity contribution in [2.45, 2.75) is 31.7 Å². The fourth-order valence-electron chi connectivity index (χ4n) is 1.87. The Labute approximate surface area is 105 Å². The van der Waals surface area contributed by atoms with Gasteiger partial charge in [0, 0.05) is 23.3 Å². The Hall–Kier alpha value is -1.29. The minimum absolute atomic E-state index is 0.0204. The van der Waals surface area contributed by atoms with Crippen molar-refractivity contribution in [3.05, 3.63) is 34.4 Å². The van der Waals surface area contributed by atoms with Crippen LogP contribution in [0.15, 0.2) is 24.3 Å². The van der Waals surface area contributed by atoms with E-state index in [1.165, 1.54) is 12.1 Å². The number of alkyl halides is 1. The van der Waals surface area contributed by atoms with Gasteiger partial charge in [-0.2, -0.15) is 0 Å². The molecular weight excluding hydrogens is 242 g/mol. The zero-order chi connectivity index (χ0) is 12.6. The molecule has 0 amide bonds. The molecule has 2 rings (SSSR count). The maximum Gasteiger partial charge on any atom is 0.273 e. The van der Waals surface area contributed by atoms with E-state index in [9.17, 15) is 10.1 Å². The number of non-ortho nitro benzene ring substituents is 1. The molecule has 4 nitrogen and oxygen atoms in total. The lowest BCUT2D eigenvalue weighted by Gasteiger charge is -2.48. The molecule has 2 atom stereocenters. The Morgan fingerprint density at radius 1 is 1.53 bits per heavy atom. The molecule has 1 aliphatic carbocycles. The molecule has 0 N–H and O–H groups in total. The molecule has 17 heavy (non-hydrogen) atoms. The van der Waals surface area contributed by atoms with E-state index >= 15 is 0 Å². The van der Waals surface area contributed by atoms with E-state index in [1.807, 2.05) is 13.8 Å². The maximum atomic E-state index is 10.6. The summed E-state index contributed by atoms with van der Waals surface area (Å²) in [7, 11) is 0. The highest BCUT2D eigenvalue weighted by molar-refractivity contribution is 6.21. The van der Waals surface area contributed by atoms with Gasteiger partial charge in [-0.05, 0) is 6.07 Å². The van der Waals surface area contributed by atoms with E-state index in [2.05, 4.69) is 0 Å². The summed E-state index contributed by atoms with van der Waals surface area (Å²) in [4.78, 5) is 10.2. The van der Waals surface area contributed by atoms with Gasteiger partial charge in [0.2, 0.25) is 0 Å². The molecule has 0 bridgehead atoms. The zero-order valence-electron chi connectivity index (χ0n) is 9.72. The van der Waals surface area contributed by atoms with E-state index in [1.54, 1.807) is 12.1 Å². The molecule has 0 aliphatic heterocycles. The minimum atomic E-state index is -0.427. The Morgan fingerprint density at radius 3 is 2.76 bits per heavy atom. The number of nitrogens with zero attached hydrogens (tertiary/aromatic N) is 1. The minimum Gasteiger partial charge on any atom is -0.490 e. The van der Waals surface area contributed by atoms with Crippen molar-refractivity contribution in [1.29, 1.82) is 0 Å². The van der Waals surface area contributed by atoms with Gasteiger partial charge in [-0.25, -0.2) is 0 Å². The van der Waals surface area contributed by atoms with Crippen molar-refractivity contribution in [3.8, 4) is 5.75 Å². The second-order valence-electron chi connectivity index (χ2n) is 4.89. The van der Waals surface area contributed by atoms with Crippen molar-refractivity contribution in [2.75, 3.05) is 0 Å². The second-order valence-corrected chi connectivity index (χ2v) is 5.41. The first-order chi connectivity index (χ1) is 7.91. The molecule has 1 saturated carbocycles. The quantitative estimate of drug-likeness (QED) is 0.473. The van der Waals surface area contributed by atoms with E-state index in [0.29, 0.717) is 5.75 Å². The Morgan fingerprint density at radius 2 is 2.24 bits per heavy atom. The summed E-state index contributed by atoms with van der Waals surface area (Å²) in [5.41, 5.74) is -0.0475. The number of rotatable bonds is 3. The van der Waals surface area contributed by atoms with Gasteiger partial charge >= 0.3 is 0 Å². The molecule has 5 heteroatoms. The Balaban J connectivity index is 2.10. The molecule has 1 fully saturated rings. The molecule has 0 aromatic heterocycles. The summed E-state index contributed by atoms with van der Waals surface area (Å²) in [6.45, 7) is 4.08. The van der Waals surface area contributed by atoms with Crippen LogP contribution in [0.2, 0.25) is 0 Å². The van der Waals surface area contributed by atoms with Gasteiger partial charge in [0.05, 0.1) is 11.0 Å². The zero-order valence-corrected chi connectivity index (χ0v) is 10.5. The summed E-state index contributed by atoms with van der Waals surface area (Å²) >= 11 is 6.10. The smallest absolute Gasteiger partial charge is 0.273 e. The standard InChI is InChI=1S/C12H14ClNO3/c1-12(2)10(13)7-11(12)17-9-5-3-4-8(6-9)14(15)16/h3-6,10-11H,7H2,1-2H3. The van der Waals surface area contributed by atoms with Crippen LogP contribution in [0.25, 0.3) is 0 Å². The maximum absolute atomic E-state index is 10.6. The summed E-state index contributed by atoms with van der Waals surface area (Å²) in [6, 6.07) is 6.24. The molecule has 2 unspecified atom stereocenters. The molecule has 0 saturated heterocycles.